The van der Waals surface area contributed by atoms with Crippen LogP contribution in [-0.4, -0.2) is 24.1 Å². The van der Waals surface area contributed by atoms with Crippen molar-refractivity contribution in [3.63, 3.8) is 0 Å². The summed E-state index contributed by atoms with van der Waals surface area (Å²) in [6.07, 6.45) is 0. The Kier molecular flexibility index (Phi) is 1.24. The van der Waals surface area contributed by atoms with Crippen LogP contribution in [-0.2, 0) is 0 Å². The largest absolute Gasteiger partial charge is 0.363 e. The van der Waals surface area contributed by atoms with Crippen LogP contribution in [0.5, 0.6) is 0 Å². The molecule has 0 unspecified atom stereocenters. The van der Waals surface area contributed by atoms with Gasteiger partial charge in [-0.05, 0) is 6.92 Å². The Balaban J connectivity index is 2.51. The van der Waals surface area contributed by atoms with Crippen LogP contribution in [0.15, 0.2) is 10.2 Å². The molecule has 1 rings (SSSR count). The number of urea groups is 1. The van der Waals surface area contributed by atoms with E-state index in [0.29, 0.717) is 13.2 Å². The first-order valence-electron chi connectivity index (χ1n) is 2.51. The van der Waals surface area contributed by atoms with Crippen molar-refractivity contribution in [3.05, 3.63) is 0 Å². The predicted octanol–water partition coefficient (Wildman–Crippen LogP) is 0.852. The van der Waals surface area contributed by atoms with Gasteiger partial charge >= 0.3 is 6.03 Å². The molecule has 0 bridgehead atoms. The molecule has 0 aliphatic carbocycles. The molecule has 0 aromatic carbocycles. The number of rotatable bonds is 1. The fraction of sp³-hybridized carbons (Fsp3) is 0.750. The van der Waals surface area contributed by atoms with Gasteiger partial charge in [0.15, 0.2) is 0 Å². The molecule has 1 aliphatic rings. The molecule has 8 heavy (non-hydrogen) atoms. The summed E-state index contributed by atoms with van der Waals surface area (Å²) in [7, 11) is 0. The number of carbonyl (C=O) groups excluding carboxylic acids is 1. The fourth-order valence-corrected chi connectivity index (χ4v) is 0.527. The minimum absolute atomic E-state index is 0.215. The van der Waals surface area contributed by atoms with Gasteiger partial charge in [-0.15, -0.1) is 0 Å². The maximum atomic E-state index is 10.5. The Morgan fingerprint density at radius 1 is 1.88 bits per heavy atom. The zero-order valence-electron chi connectivity index (χ0n) is 4.66. The second-order valence-corrected chi connectivity index (χ2v) is 1.52. The number of hydrogen-bond acceptors (Lipinski definition) is 2. The lowest BCUT2D eigenvalue weighted by molar-refractivity contribution is 0.221. The standard InChI is InChI=1S/C4H7N3O/c1-2-7-3-5-6-4(7)8/h2-3H2,1H3. The molecule has 0 saturated carbocycles. The minimum Gasteiger partial charge on any atom is -0.300 e. The highest BCUT2D eigenvalue weighted by atomic mass is 16.2. The first kappa shape index (κ1) is 5.21. The van der Waals surface area contributed by atoms with Gasteiger partial charge in [0.2, 0.25) is 0 Å². The Hall–Kier alpha value is -0.930. The lowest BCUT2D eigenvalue weighted by Gasteiger charge is -2.05. The molecular weight excluding hydrogens is 106 g/mol. The number of hydrogen-bond donors (Lipinski definition) is 0. The fourth-order valence-electron chi connectivity index (χ4n) is 0.527. The van der Waals surface area contributed by atoms with Gasteiger partial charge in [0.1, 0.15) is 6.67 Å². The topological polar surface area (TPSA) is 45.0 Å². The Labute approximate surface area is 47.2 Å². The molecule has 0 saturated heterocycles. The molecule has 0 aromatic heterocycles. The summed E-state index contributed by atoms with van der Waals surface area (Å²) in [5.74, 6) is 0. The van der Waals surface area contributed by atoms with Crippen LogP contribution in [0, 0.1) is 0 Å². The van der Waals surface area contributed by atoms with Crippen molar-refractivity contribution < 1.29 is 4.79 Å². The van der Waals surface area contributed by atoms with Gasteiger partial charge in [0.25, 0.3) is 0 Å². The van der Waals surface area contributed by atoms with E-state index in [4.69, 9.17) is 0 Å². The molecule has 0 aromatic rings. The third-order valence-electron chi connectivity index (χ3n) is 1.04. The zero-order chi connectivity index (χ0) is 5.98. The summed E-state index contributed by atoms with van der Waals surface area (Å²) in [6.45, 7) is 3.04. The summed E-state index contributed by atoms with van der Waals surface area (Å²) in [5.41, 5.74) is 0. The number of azo groups is 1. The van der Waals surface area contributed by atoms with Crippen molar-refractivity contribution in [2.45, 2.75) is 6.92 Å². The van der Waals surface area contributed by atoms with Crippen LogP contribution in [0.4, 0.5) is 4.79 Å². The molecule has 1 heterocycles. The third-order valence-corrected chi connectivity index (χ3v) is 1.04. The summed E-state index contributed by atoms with van der Waals surface area (Å²) in [4.78, 5) is 12.0. The van der Waals surface area contributed by atoms with E-state index in [2.05, 4.69) is 10.2 Å². The van der Waals surface area contributed by atoms with Crippen molar-refractivity contribution in [2.24, 2.45) is 10.2 Å². The lowest BCUT2D eigenvalue weighted by Crippen LogP contribution is -2.23. The quantitative estimate of drug-likeness (QED) is 0.497. The van der Waals surface area contributed by atoms with Crippen molar-refractivity contribution in [3.8, 4) is 0 Å². The van der Waals surface area contributed by atoms with Crippen LogP contribution in [0.2, 0.25) is 0 Å². The molecular formula is C4H7N3O. The summed E-state index contributed by atoms with van der Waals surface area (Å²) >= 11 is 0. The molecule has 44 valence electrons. The van der Waals surface area contributed by atoms with E-state index in [-0.39, 0.29) is 6.03 Å². The zero-order valence-corrected chi connectivity index (χ0v) is 4.66. The molecule has 1 aliphatic heterocycles. The normalized spacial score (nSPS) is 18.1. The number of amides is 2. The molecule has 0 atom stereocenters. The molecule has 4 nitrogen and oxygen atoms in total. The van der Waals surface area contributed by atoms with Crippen molar-refractivity contribution >= 4 is 6.03 Å². The summed E-state index contributed by atoms with van der Waals surface area (Å²) in [5, 5.41) is 6.82. The molecule has 0 N–H and O–H groups in total. The summed E-state index contributed by atoms with van der Waals surface area (Å²) < 4.78 is 0. The highest BCUT2D eigenvalue weighted by Crippen LogP contribution is 2.00. The van der Waals surface area contributed by atoms with Gasteiger partial charge in [0.05, 0.1) is 0 Å². The van der Waals surface area contributed by atoms with Gasteiger partial charge in [-0.1, -0.05) is 5.11 Å². The predicted molar refractivity (Wildman–Crippen MR) is 27.5 cm³/mol. The number of carbonyl (C=O) groups is 1. The van der Waals surface area contributed by atoms with E-state index < -0.39 is 0 Å². The van der Waals surface area contributed by atoms with E-state index in [1.54, 1.807) is 4.90 Å². The molecule has 0 fully saturated rings. The van der Waals surface area contributed by atoms with Crippen molar-refractivity contribution in [1.29, 1.82) is 0 Å². The van der Waals surface area contributed by atoms with Gasteiger partial charge in [0, 0.05) is 6.54 Å². The second-order valence-electron chi connectivity index (χ2n) is 1.52. The second kappa shape index (κ2) is 1.90. The molecule has 0 radical (unpaired) electrons. The monoisotopic (exact) mass is 113 g/mol. The van der Waals surface area contributed by atoms with Crippen molar-refractivity contribution in [1.82, 2.24) is 4.90 Å². The lowest BCUT2D eigenvalue weighted by atomic mass is 10.6. The average Bonchev–Trinajstić information content (AvgIpc) is 2.14. The van der Waals surface area contributed by atoms with Crippen LogP contribution in [0.3, 0.4) is 0 Å². The van der Waals surface area contributed by atoms with E-state index >= 15 is 0 Å². The van der Waals surface area contributed by atoms with Crippen LogP contribution in [0.25, 0.3) is 0 Å². The smallest absolute Gasteiger partial charge is 0.300 e. The van der Waals surface area contributed by atoms with Gasteiger partial charge in [-0.3, -0.25) is 0 Å². The SMILES string of the molecule is CCN1CN=NC1=O. The highest BCUT2D eigenvalue weighted by Gasteiger charge is 2.13. The van der Waals surface area contributed by atoms with E-state index in [0.717, 1.165) is 0 Å². The van der Waals surface area contributed by atoms with Crippen LogP contribution < -0.4 is 0 Å². The average molecular weight is 113 g/mol. The van der Waals surface area contributed by atoms with Gasteiger partial charge in [-0.2, -0.15) is 5.11 Å². The maximum absolute atomic E-state index is 10.5. The first-order valence-corrected chi connectivity index (χ1v) is 2.51. The Morgan fingerprint density at radius 3 is 2.88 bits per heavy atom. The van der Waals surface area contributed by atoms with E-state index in [1.807, 2.05) is 6.92 Å². The Morgan fingerprint density at radius 2 is 2.62 bits per heavy atom. The van der Waals surface area contributed by atoms with Crippen LogP contribution >= 0.6 is 0 Å². The minimum atomic E-state index is -0.215. The Bertz CT molecular complexity index is 131. The molecule has 2 amide bonds. The van der Waals surface area contributed by atoms with Crippen LogP contribution in [0.1, 0.15) is 6.92 Å². The first-order chi connectivity index (χ1) is 3.84. The van der Waals surface area contributed by atoms with Gasteiger partial charge in [-0.25, -0.2) is 4.79 Å². The number of nitrogens with zero attached hydrogens (tertiary/aromatic N) is 3. The van der Waals surface area contributed by atoms with E-state index in [1.165, 1.54) is 0 Å². The summed E-state index contributed by atoms with van der Waals surface area (Å²) in [6, 6.07) is -0.215. The van der Waals surface area contributed by atoms with Crippen molar-refractivity contribution in [2.75, 3.05) is 13.2 Å². The van der Waals surface area contributed by atoms with E-state index in [9.17, 15) is 4.79 Å². The van der Waals surface area contributed by atoms with Gasteiger partial charge < -0.3 is 4.90 Å². The third kappa shape index (κ3) is 0.685. The highest BCUT2D eigenvalue weighted by molar-refractivity contribution is 5.75. The maximum Gasteiger partial charge on any atom is 0.363 e. The molecule has 4 heteroatoms. The molecule has 0 spiro atoms.